The van der Waals surface area contributed by atoms with E-state index in [9.17, 15) is 0 Å². The van der Waals surface area contributed by atoms with E-state index in [-0.39, 0.29) is 0 Å². The van der Waals surface area contributed by atoms with Gasteiger partial charge in [-0.25, -0.2) is 0 Å². The van der Waals surface area contributed by atoms with Crippen LogP contribution in [0.4, 0.5) is 5.69 Å². The molecule has 1 aliphatic rings. The number of H-pyrrole nitrogens is 1. The van der Waals surface area contributed by atoms with Crippen LogP contribution in [0.5, 0.6) is 0 Å². The van der Waals surface area contributed by atoms with Crippen LogP contribution in [0, 0.1) is 0 Å². The highest BCUT2D eigenvalue weighted by Gasteiger charge is 2.10. The molecule has 1 fully saturated rings. The van der Waals surface area contributed by atoms with Crippen molar-refractivity contribution in [2.24, 2.45) is 0 Å². The van der Waals surface area contributed by atoms with Crippen molar-refractivity contribution >= 4 is 5.69 Å². The smallest absolute Gasteiger partial charge is 0.0594 e. The average Bonchev–Trinajstić information content (AvgIpc) is 3.01. The van der Waals surface area contributed by atoms with Crippen LogP contribution < -0.4 is 5.32 Å². The summed E-state index contributed by atoms with van der Waals surface area (Å²) in [6, 6.07) is 10.6. The molecule has 0 aliphatic carbocycles. The Morgan fingerprint density at radius 3 is 2.65 bits per heavy atom. The molecular weight excluding hydrogens is 252 g/mol. The molecule has 2 N–H and O–H groups in total. The molecule has 3 rings (SSSR count). The first-order valence-electron chi connectivity index (χ1n) is 7.01. The molecule has 0 amide bonds. The summed E-state index contributed by atoms with van der Waals surface area (Å²) in [7, 11) is 0. The lowest BCUT2D eigenvalue weighted by Gasteiger charge is -2.26. The quantitative estimate of drug-likeness (QED) is 0.872. The fourth-order valence-electron chi connectivity index (χ4n) is 2.33. The van der Waals surface area contributed by atoms with Crippen LogP contribution in [-0.2, 0) is 17.8 Å². The molecule has 0 unspecified atom stereocenters. The molecule has 106 valence electrons. The summed E-state index contributed by atoms with van der Waals surface area (Å²) < 4.78 is 5.36. The molecule has 5 heteroatoms. The van der Waals surface area contributed by atoms with Crippen LogP contribution in [-0.4, -0.2) is 41.4 Å². The molecule has 2 heterocycles. The second kappa shape index (κ2) is 6.54. The normalized spacial score (nSPS) is 16.2. The number of hydrogen-bond acceptors (Lipinski definition) is 4. The maximum absolute atomic E-state index is 5.36. The van der Waals surface area contributed by atoms with E-state index in [0.29, 0.717) is 0 Å². The van der Waals surface area contributed by atoms with Crippen LogP contribution in [0.15, 0.2) is 36.5 Å². The molecule has 0 atom stereocenters. The first-order chi connectivity index (χ1) is 9.90. The van der Waals surface area contributed by atoms with Gasteiger partial charge < -0.3 is 10.1 Å². The van der Waals surface area contributed by atoms with Gasteiger partial charge in [0, 0.05) is 31.5 Å². The van der Waals surface area contributed by atoms with E-state index in [1.165, 1.54) is 5.56 Å². The van der Waals surface area contributed by atoms with Crippen molar-refractivity contribution in [2.45, 2.75) is 13.1 Å². The summed E-state index contributed by atoms with van der Waals surface area (Å²) in [5.41, 5.74) is 3.56. The zero-order valence-corrected chi connectivity index (χ0v) is 11.5. The minimum absolute atomic E-state index is 0.767. The maximum Gasteiger partial charge on any atom is 0.0594 e. The maximum atomic E-state index is 5.36. The summed E-state index contributed by atoms with van der Waals surface area (Å²) in [5.74, 6) is 0. The Bertz CT molecular complexity index is 503. The van der Waals surface area contributed by atoms with Crippen molar-refractivity contribution in [1.82, 2.24) is 15.1 Å². The van der Waals surface area contributed by atoms with Crippen LogP contribution >= 0.6 is 0 Å². The largest absolute Gasteiger partial charge is 0.379 e. The summed E-state index contributed by atoms with van der Waals surface area (Å²) in [6.45, 7) is 5.53. The minimum Gasteiger partial charge on any atom is -0.379 e. The SMILES string of the molecule is c1cc(CNc2ccc(CN3CCOCC3)cc2)[nH]n1. The van der Waals surface area contributed by atoms with Crippen molar-refractivity contribution < 1.29 is 4.74 Å². The summed E-state index contributed by atoms with van der Waals surface area (Å²) >= 11 is 0. The fourth-order valence-corrected chi connectivity index (χ4v) is 2.33. The topological polar surface area (TPSA) is 53.2 Å². The van der Waals surface area contributed by atoms with Crippen molar-refractivity contribution in [2.75, 3.05) is 31.6 Å². The number of nitrogens with one attached hydrogen (secondary N) is 2. The van der Waals surface area contributed by atoms with Gasteiger partial charge in [0.1, 0.15) is 0 Å². The molecule has 1 aromatic heterocycles. The van der Waals surface area contributed by atoms with Gasteiger partial charge in [-0.1, -0.05) is 12.1 Å². The van der Waals surface area contributed by atoms with Gasteiger partial charge in [-0.15, -0.1) is 0 Å². The molecule has 1 aliphatic heterocycles. The third-order valence-electron chi connectivity index (χ3n) is 3.51. The number of aromatic amines is 1. The Hall–Kier alpha value is -1.85. The lowest BCUT2D eigenvalue weighted by molar-refractivity contribution is 0.0342. The van der Waals surface area contributed by atoms with E-state index >= 15 is 0 Å². The number of nitrogens with zero attached hydrogens (tertiary/aromatic N) is 2. The molecule has 20 heavy (non-hydrogen) atoms. The van der Waals surface area contributed by atoms with E-state index in [4.69, 9.17) is 4.74 Å². The molecule has 1 saturated heterocycles. The number of anilines is 1. The highest BCUT2D eigenvalue weighted by Crippen LogP contribution is 2.13. The van der Waals surface area contributed by atoms with Gasteiger partial charge in [0.15, 0.2) is 0 Å². The Labute approximate surface area is 118 Å². The van der Waals surface area contributed by atoms with Gasteiger partial charge >= 0.3 is 0 Å². The Balaban J connectivity index is 1.51. The van der Waals surface area contributed by atoms with Gasteiger partial charge in [-0.3, -0.25) is 10.00 Å². The molecule has 0 spiro atoms. The number of ether oxygens (including phenoxy) is 1. The Kier molecular flexibility index (Phi) is 4.30. The lowest BCUT2D eigenvalue weighted by atomic mass is 10.2. The summed E-state index contributed by atoms with van der Waals surface area (Å²) in [4.78, 5) is 2.43. The van der Waals surface area contributed by atoms with Gasteiger partial charge in [0.25, 0.3) is 0 Å². The van der Waals surface area contributed by atoms with E-state index in [1.807, 2.05) is 6.07 Å². The van der Waals surface area contributed by atoms with E-state index in [2.05, 4.69) is 44.7 Å². The third kappa shape index (κ3) is 3.59. The molecular formula is C15H20N4O. The van der Waals surface area contributed by atoms with E-state index < -0.39 is 0 Å². The molecule has 1 aromatic carbocycles. The standard InChI is InChI=1S/C15H20N4O/c1-3-14(16-11-15-5-6-17-18-15)4-2-13(1)12-19-7-9-20-10-8-19/h1-6,16H,7-12H2,(H,17,18). The molecule has 0 radical (unpaired) electrons. The van der Waals surface area contributed by atoms with Gasteiger partial charge in [-0.05, 0) is 23.8 Å². The average molecular weight is 272 g/mol. The first-order valence-corrected chi connectivity index (χ1v) is 7.01. The number of hydrogen-bond donors (Lipinski definition) is 2. The van der Waals surface area contributed by atoms with Crippen LogP contribution in [0.3, 0.4) is 0 Å². The van der Waals surface area contributed by atoms with Crippen LogP contribution in [0.2, 0.25) is 0 Å². The van der Waals surface area contributed by atoms with Crippen LogP contribution in [0.1, 0.15) is 11.3 Å². The number of morpholine rings is 1. The Morgan fingerprint density at radius 2 is 1.95 bits per heavy atom. The lowest BCUT2D eigenvalue weighted by Crippen LogP contribution is -2.35. The van der Waals surface area contributed by atoms with E-state index in [0.717, 1.165) is 50.8 Å². The van der Waals surface area contributed by atoms with E-state index in [1.54, 1.807) is 6.20 Å². The van der Waals surface area contributed by atoms with Gasteiger partial charge in [0.2, 0.25) is 0 Å². The third-order valence-corrected chi connectivity index (χ3v) is 3.51. The molecule has 0 bridgehead atoms. The predicted octanol–water partition coefficient (Wildman–Crippen LogP) is 1.85. The molecule has 5 nitrogen and oxygen atoms in total. The highest BCUT2D eigenvalue weighted by molar-refractivity contribution is 5.44. The van der Waals surface area contributed by atoms with Crippen LogP contribution in [0.25, 0.3) is 0 Å². The van der Waals surface area contributed by atoms with Crippen molar-refractivity contribution in [3.8, 4) is 0 Å². The van der Waals surface area contributed by atoms with Crippen molar-refractivity contribution in [1.29, 1.82) is 0 Å². The highest BCUT2D eigenvalue weighted by atomic mass is 16.5. The monoisotopic (exact) mass is 272 g/mol. The summed E-state index contributed by atoms with van der Waals surface area (Å²) in [6.07, 6.45) is 1.77. The molecule has 2 aromatic rings. The van der Waals surface area contributed by atoms with Crippen molar-refractivity contribution in [3.63, 3.8) is 0 Å². The van der Waals surface area contributed by atoms with Gasteiger partial charge in [-0.2, -0.15) is 5.10 Å². The van der Waals surface area contributed by atoms with Gasteiger partial charge in [0.05, 0.1) is 25.5 Å². The summed E-state index contributed by atoms with van der Waals surface area (Å²) in [5, 5.41) is 10.2. The zero-order valence-electron chi connectivity index (χ0n) is 11.5. The van der Waals surface area contributed by atoms with Crippen molar-refractivity contribution in [3.05, 3.63) is 47.8 Å². The second-order valence-electron chi connectivity index (χ2n) is 5.02. The first kappa shape index (κ1) is 13.1. The zero-order chi connectivity index (χ0) is 13.6. The number of benzene rings is 1. The number of aromatic nitrogens is 2. The second-order valence-corrected chi connectivity index (χ2v) is 5.02. The minimum atomic E-state index is 0.767. The molecule has 0 saturated carbocycles. The predicted molar refractivity (Wildman–Crippen MR) is 78.5 cm³/mol. The Morgan fingerprint density at radius 1 is 1.15 bits per heavy atom. The fraction of sp³-hybridized carbons (Fsp3) is 0.400. The number of rotatable bonds is 5.